The summed E-state index contributed by atoms with van der Waals surface area (Å²) in [5.41, 5.74) is 2.43. The minimum absolute atomic E-state index is 0.208. The van der Waals surface area contributed by atoms with Crippen molar-refractivity contribution in [2.45, 2.75) is 13.8 Å². The minimum Gasteiger partial charge on any atom is -0.379 e. The minimum atomic E-state index is -0.208. The van der Waals surface area contributed by atoms with Gasteiger partial charge < -0.3 is 20.3 Å². The Balaban J connectivity index is 1.48. The smallest absolute Gasteiger partial charge is 0.271 e. The predicted molar refractivity (Wildman–Crippen MR) is 115 cm³/mol. The Bertz CT molecular complexity index is 756. The first-order chi connectivity index (χ1) is 14.2. The summed E-state index contributed by atoms with van der Waals surface area (Å²) in [4.78, 5) is 25.3. The van der Waals surface area contributed by atoms with Gasteiger partial charge in [-0.2, -0.15) is 0 Å². The van der Waals surface area contributed by atoms with Crippen LogP contribution in [0.15, 0.2) is 36.7 Å². The van der Waals surface area contributed by atoms with Crippen molar-refractivity contribution < 1.29 is 9.53 Å². The molecule has 0 radical (unpaired) electrons. The van der Waals surface area contributed by atoms with Gasteiger partial charge in [-0.25, -0.2) is 9.97 Å². The number of nitrogens with one attached hydrogen (secondary N) is 2. The Kier molecular flexibility index (Phi) is 7.77. The zero-order valence-electron chi connectivity index (χ0n) is 17.2. The molecule has 0 bridgehead atoms. The molecule has 1 aliphatic heterocycles. The number of morpholine rings is 1. The summed E-state index contributed by atoms with van der Waals surface area (Å²) < 4.78 is 5.32. The molecule has 8 nitrogen and oxygen atoms in total. The first kappa shape index (κ1) is 21.0. The molecule has 3 rings (SSSR count). The number of amides is 1. The van der Waals surface area contributed by atoms with Crippen LogP contribution in [0.5, 0.6) is 0 Å². The van der Waals surface area contributed by atoms with E-state index in [1.807, 2.05) is 12.1 Å². The molecule has 1 aliphatic rings. The van der Waals surface area contributed by atoms with Gasteiger partial charge in [0.2, 0.25) is 0 Å². The molecule has 0 unspecified atom stereocenters. The van der Waals surface area contributed by atoms with Crippen LogP contribution in [0.3, 0.4) is 0 Å². The second-order valence-electron chi connectivity index (χ2n) is 6.84. The second kappa shape index (κ2) is 10.7. The lowest BCUT2D eigenvalue weighted by Crippen LogP contribution is -2.41. The number of ether oxygens (including phenoxy) is 1. The van der Waals surface area contributed by atoms with E-state index in [0.717, 1.165) is 51.6 Å². The number of hydrogen-bond donors (Lipinski definition) is 2. The van der Waals surface area contributed by atoms with Gasteiger partial charge in [-0.3, -0.25) is 9.69 Å². The van der Waals surface area contributed by atoms with Crippen molar-refractivity contribution in [2.75, 3.05) is 62.7 Å². The summed E-state index contributed by atoms with van der Waals surface area (Å²) in [7, 11) is 0. The molecule has 0 atom stereocenters. The Labute approximate surface area is 172 Å². The first-order valence-corrected chi connectivity index (χ1v) is 10.2. The van der Waals surface area contributed by atoms with Gasteiger partial charge in [0.05, 0.1) is 25.6 Å². The fraction of sp³-hybridized carbons (Fsp3) is 0.476. The van der Waals surface area contributed by atoms with Crippen molar-refractivity contribution in [2.24, 2.45) is 0 Å². The summed E-state index contributed by atoms with van der Waals surface area (Å²) in [6, 6.07) is 8.20. The topological polar surface area (TPSA) is 82.6 Å². The molecular weight excluding hydrogens is 368 g/mol. The lowest BCUT2D eigenvalue weighted by atomic mass is 10.2. The van der Waals surface area contributed by atoms with E-state index in [-0.39, 0.29) is 5.91 Å². The van der Waals surface area contributed by atoms with E-state index < -0.39 is 0 Å². The van der Waals surface area contributed by atoms with Crippen LogP contribution < -0.4 is 15.5 Å². The van der Waals surface area contributed by atoms with Crippen molar-refractivity contribution >= 4 is 23.1 Å². The van der Waals surface area contributed by atoms with E-state index in [9.17, 15) is 4.79 Å². The predicted octanol–water partition coefficient (Wildman–Crippen LogP) is 2.13. The molecule has 2 N–H and O–H groups in total. The van der Waals surface area contributed by atoms with E-state index in [0.29, 0.717) is 18.1 Å². The van der Waals surface area contributed by atoms with Crippen LogP contribution in [0.2, 0.25) is 0 Å². The van der Waals surface area contributed by atoms with Gasteiger partial charge in [0, 0.05) is 50.6 Å². The van der Waals surface area contributed by atoms with Gasteiger partial charge in [-0.15, -0.1) is 0 Å². The summed E-state index contributed by atoms with van der Waals surface area (Å²) in [5.74, 6) is 0.395. The van der Waals surface area contributed by atoms with E-state index >= 15 is 0 Å². The van der Waals surface area contributed by atoms with Crippen molar-refractivity contribution in [1.82, 2.24) is 20.2 Å². The maximum atomic E-state index is 12.2. The molecule has 1 aromatic carbocycles. The second-order valence-corrected chi connectivity index (χ2v) is 6.84. The number of carbonyl (C=O) groups is 1. The molecule has 8 heteroatoms. The van der Waals surface area contributed by atoms with Crippen molar-refractivity contribution in [1.29, 1.82) is 0 Å². The normalized spacial score (nSPS) is 14.4. The third-order valence-electron chi connectivity index (χ3n) is 4.97. The Morgan fingerprint density at radius 1 is 1.10 bits per heavy atom. The van der Waals surface area contributed by atoms with E-state index in [1.54, 1.807) is 6.20 Å². The molecule has 156 valence electrons. The zero-order valence-corrected chi connectivity index (χ0v) is 17.2. The monoisotopic (exact) mass is 398 g/mol. The molecule has 0 aliphatic carbocycles. The third-order valence-corrected chi connectivity index (χ3v) is 4.97. The highest BCUT2D eigenvalue weighted by molar-refractivity contribution is 5.92. The van der Waals surface area contributed by atoms with Gasteiger partial charge in [-0.1, -0.05) is 0 Å². The number of anilines is 3. The molecule has 2 heterocycles. The van der Waals surface area contributed by atoms with Gasteiger partial charge >= 0.3 is 0 Å². The standard InChI is InChI=1S/C21H30N6O2/c1-3-27(4-2)18-7-5-17(6-8-18)25-20-16-23-19(15-24-20)21(28)22-9-10-26-11-13-29-14-12-26/h5-8,15-16H,3-4,9-14H2,1-2H3,(H,22,28)(H,24,25). The zero-order chi connectivity index (χ0) is 20.5. The largest absolute Gasteiger partial charge is 0.379 e. The van der Waals surface area contributed by atoms with Crippen LogP contribution in [0.1, 0.15) is 24.3 Å². The van der Waals surface area contributed by atoms with Crippen LogP contribution in [0.4, 0.5) is 17.2 Å². The third kappa shape index (κ3) is 6.13. The number of nitrogens with zero attached hydrogens (tertiary/aromatic N) is 4. The summed E-state index contributed by atoms with van der Waals surface area (Å²) in [5, 5.41) is 6.11. The SMILES string of the molecule is CCN(CC)c1ccc(Nc2cnc(C(=O)NCCN3CCOCC3)cn2)cc1. The fourth-order valence-corrected chi connectivity index (χ4v) is 3.24. The van der Waals surface area contributed by atoms with Gasteiger partial charge in [0.25, 0.3) is 5.91 Å². The van der Waals surface area contributed by atoms with Gasteiger partial charge in [0.15, 0.2) is 0 Å². The van der Waals surface area contributed by atoms with Gasteiger partial charge in [-0.05, 0) is 38.1 Å². The van der Waals surface area contributed by atoms with Crippen LogP contribution in [-0.2, 0) is 4.74 Å². The van der Waals surface area contributed by atoms with Crippen LogP contribution in [-0.4, -0.2) is 73.3 Å². The van der Waals surface area contributed by atoms with E-state index in [4.69, 9.17) is 4.74 Å². The summed E-state index contributed by atoms with van der Waals surface area (Å²) >= 11 is 0. The number of benzene rings is 1. The lowest BCUT2D eigenvalue weighted by molar-refractivity contribution is 0.0383. The molecule has 1 aromatic heterocycles. The van der Waals surface area contributed by atoms with E-state index in [1.165, 1.54) is 11.9 Å². The first-order valence-electron chi connectivity index (χ1n) is 10.2. The average Bonchev–Trinajstić information content (AvgIpc) is 2.77. The number of rotatable bonds is 9. The van der Waals surface area contributed by atoms with Crippen molar-refractivity contribution in [3.8, 4) is 0 Å². The molecule has 1 amide bonds. The van der Waals surface area contributed by atoms with Crippen LogP contribution in [0, 0.1) is 0 Å². The number of hydrogen-bond acceptors (Lipinski definition) is 7. The highest BCUT2D eigenvalue weighted by Gasteiger charge is 2.12. The molecular formula is C21H30N6O2. The molecule has 2 aromatic rings. The molecule has 0 spiro atoms. The molecule has 1 fully saturated rings. The summed E-state index contributed by atoms with van der Waals surface area (Å²) in [6.07, 6.45) is 3.08. The molecule has 29 heavy (non-hydrogen) atoms. The quantitative estimate of drug-likeness (QED) is 0.669. The Hall–Kier alpha value is -2.71. The molecule has 0 saturated carbocycles. The maximum absolute atomic E-state index is 12.2. The van der Waals surface area contributed by atoms with Gasteiger partial charge in [0.1, 0.15) is 11.5 Å². The summed E-state index contributed by atoms with van der Waals surface area (Å²) in [6.45, 7) is 11.0. The number of carbonyl (C=O) groups excluding carboxylic acids is 1. The lowest BCUT2D eigenvalue weighted by Gasteiger charge is -2.26. The van der Waals surface area contributed by atoms with Crippen LogP contribution in [0.25, 0.3) is 0 Å². The van der Waals surface area contributed by atoms with Crippen LogP contribution >= 0.6 is 0 Å². The number of aromatic nitrogens is 2. The average molecular weight is 399 g/mol. The molecule has 1 saturated heterocycles. The van der Waals surface area contributed by atoms with Crippen molar-refractivity contribution in [3.05, 3.63) is 42.4 Å². The Morgan fingerprint density at radius 2 is 1.83 bits per heavy atom. The fourth-order valence-electron chi connectivity index (χ4n) is 3.24. The Morgan fingerprint density at radius 3 is 2.45 bits per heavy atom. The highest BCUT2D eigenvalue weighted by atomic mass is 16.5. The highest BCUT2D eigenvalue weighted by Crippen LogP contribution is 2.20. The van der Waals surface area contributed by atoms with Crippen molar-refractivity contribution in [3.63, 3.8) is 0 Å². The van der Waals surface area contributed by atoms with E-state index in [2.05, 4.69) is 56.4 Å². The maximum Gasteiger partial charge on any atom is 0.271 e.